The molecule has 1 aromatic heterocycles. The Morgan fingerprint density at radius 3 is 2.44 bits per heavy atom. The second kappa shape index (κ2) is 8.88. The molecule has 0 atom stereocenters. The van der Waals surface area contributed by atoms with Crippen molar-refractivity contribution in [1.29, 1.82) is 0 Å². The van der Waals surface area contributed by atoms with Crippen LogP contribution >= 0.6 is 0 Å². The second-order valence-electron chi connectivity index (χ2n) is 10.6. The molecule has 7 nitrogen and oxygen atoms in total. The summed E-state index contributed by atoms with van der Waals surface area (Å²) in [5, 5.41) is 0.810. The fraction of sp³-hybridized carbons (Fsp3) is 0.444. The Morgan fingerprint density at radius 1 is 1.19 bits per heavy atom. The number of sulfonamides is 1. The average Bonchev–Trinajstić information content (AvgIpc) is 3.47. The highest BCUT2D eigenvalue weighted by Crippen LogP contribution is 2.48. The number of nitrogens with zero attached hydrogens (tertiary/aromatic N) is 2. The normalized spacial score (nSPS) is 17.5. The molecule has 1 saturated carbocycles. The molecule has 2 aliphatic rings. The van der Waals surface area contributed by atoms with Crippen molar-refractivity contribution in [2.24, 2.45) is 10.9 Å². The Kier molecular flexibility index (Phi) is 6.11. The molecular weight excluding hydrogens is 481 g/mol. The van der Waals surface area contributed by atoms with Crippen molar-refractivity contribution in [3.05, 3.63) is 53.3 Å². The molecule has 3 aromatic rings. The minimum atomic E-state index is -3.51. The van der Waals surface area contributed by atoms with Crippen LogP contribution < -0.4 is 9.79 Å². The van der Waals surface area contributed by atoms with E-state index in [9.17, 15) is 12.8 Å². The lowest BCUT2D eigenvalue weighted by Gasteiger charge is -2.26. The van der Waals surface area contributed by atoms with E-state index >= 15 is 0 Å². The summed E-state index contributed by atoms with van der Waals surface area (Å²) in [6.45, 7) is 8.26. The van der Waals surface area contributed by atoms with Crippen molar-refractivity contribution >= 4 is 32.5 Å². The smallest absolute Gasteiger partial charge is 0.232 e. The van der Waals surface area contributed by atoms with Crippen molar-refractivity contribution in [2.45, 2.75) is 58.6 Å². The number of anilines is 1. The fourth-order valence-corrected chi connectivity index (χ4v) is 5.51. The fourth-order valence-electron chi connectivity index (χ4n) is 4.56. The van der Waals surface area contributed by atoms with Gasteiger partial charge in [0.25, 0.3) is 0 Å². The summed E-state index contributed by atoms with van der Waals surface area (Å²) >= 11 is 0. The van der Waals surface area contributed by atoms with Crippen LogP contribution in [0.4, 0.5) is 10.1 Å². The van der Waals surface area contributed by atoms with Gasteiger partial charge in [0.1, 0.15) is 17.2 Å². The number of benzene rings is 2. The molecule has 2 heterocycles. The maximum absolute atomic E-state index is 13.7. The van der Waals surface area contributed by atoms with Crippen LogP contribution in [-0.4, -0.2) is 32.8 Å². The molecule has 0 radical (unpaired) electrons. The van der Waals surface area contributed by atoms with E-state index in [2.05, 4.69) is 19.3 Å². The summed E-state index contributed by atoms with van der Waals surface area (Å²) in [5.41, 5.74) is 5.76. The van der Waals surface area contributed by atoms with Gasteiger partial charge in [0.2, 0.25) is 10.0 Å². The minimum absolute atomic E-state index is 0.288. The van der Waals surface area contributed by atoms with Gasteiger partial charge in [0.05, 0.1) is 17.5 Å². The second-order valence-corrected chi connectivity index (χ2v) is 12.5. The van der Waals surface area contributed by atoms with Gasteiger partial charge in [0.15, 0.2) is 11.6 Å². The Hall–Kier alpha value is -2.91. The summed E-state index contributed by atoms with van der Waals surface area (Å²) in [4.78, 5) is 10.3. The van der Waals surface area contributed by atoms with E-state index in [0.29, 0.717) is 46.5 Å². The quantitative estimate of drug-likeness (QED) is 0.403. The van der Waals surface area contributed by atoms with E-state index in [1.807, 2.05) is 26.0 Å². The van der Waals surface area contributed by atoms with Crippen LogP contribution in [0.3, 0.4) is 0 Å². The van der Waals surface area contributed by atoms with Crippen LogP contribution in [0.25, 0.3) is 22.3 Å². The number of fused-ring (bicyclic) bond motifs is 1. The highest BCUT2D eigenvalue weighted by Gasteiger charge is 2.35. The number of aliphatic imine (C=N–C) groups is 1. The van der Waals surface area contributed by atoms with Gasteiger partial charge in [-0.15, -0.1) is 0 Å². The molecule has 192 valence electrons. The van der Waals surface area contributed by atoms with Gasteiger partial charge in [-0.2, -0.15) is 0 Å². The first kappa shape index (κ1) is 24.8. The van der Waals surface area contributed by atoms with Crippen molar-refractivity contribution in [1.82, 2.24) is 5.48 Å². The molecule has 1 aliphatic heterocycles. The molecular formula is C27H32FN3O4S. The van der Waals surface area contributed by atoms with Crippen LogP contribution in [0.5, 0.6) is 0 Å². The first-order chi connectivity index (χ1) is 16.9. The monoisotopic (exact) mass is 513 g/mol. The van der Waals surface area contributed by atoms with E-state index in [-0.39, 0.29) is 11.7 Å². The Morgan fingerprint density at radius 2 is 1.89 bits per heavy atom. The first-order valence-corrected chi connectivity index (χ1v) is 14.2. The number of nitrogens with one attached hydrogen (secondary N) is 1. The van der Waals surface area contributed by atoms with Gasteiger partial charge in [-0.25, -0.2) is 28.1 Å². The van der Waals surface area contributed by atoms with Crippen LogP contribution in [0.1, 0.15) is 64.0 Å². The van der Waals surface area contributed by atoms with Crippen LogP contribution in [0.2, 0.25) is 0 Å². The molecule has 0 amide bonds. The van der Waals surface area contributed by atoms with Gasteiger partial charge in [-0.05, 0) is 80.8 Å². The van der Waals surface area contributed by atoms with Crippen molar-refractivity contribution < 1.29 is 22.1 Å². The summed E-state index contributed by atoms with van der Waals surface area (Å²) in [5.74, 6) is 1.34. The number of rotatable bonds is 8. The predicted molar refractivity (Wildman–Crippen MR) is 140 cm³/mol. The van der Waals surface area contributed by atoms with Crippen molar-refractivity contribution in [3.63, 3.8) is 0 Å². The van der Waals surface area contributed by atoms with Gasteiger partial charge < -0.3 is 4.42 Å². The number of amidine groups is 1. The van der Waals surface area contributed by atoms with Gasteiger partial charge in [-0.3, -0.25) is 4.31 Å². The van der Waals surface area contributed by atoms with Gasteiger partial charge in [0, 0.05) is 23.6 Å². The summed E-state index contributed by atoms with van der Waals surface area (Å²) in [6, 6.07) is 9.96. The summed E-state index contributed by atoms with van der Waals surface area (Å²) in [6.07, 6.45) is 4.01. The molecule has 2 aromatic carbocycles. The maximum atomic E-state index is 13.7. The third kappa shape index (κ3) is 4.86. The largest absolute Gasteiger partial charge is 0.455 e. The average molecular weight is 514 g/mol. The van der Waals surface area contributed by atoms with E-state index in [0.717, 1.165) is 30.2 Å². The van der Waals surface area contributed by atoms with E-state index < -0.39 is 15.7 Å². The Bertz CT molecular complexity index is 1440. The summed E-state index contributed by atoms with van der Waals surface area (Å²) in [7, 11) is -3.51. The summed E-state index contributed by atoms with van der Waals surface area (Å²) < 4.78 is 47.4. The topological polar surface area (TPSA) is 84.1 Å². The number of hydrogen-bond acceptors (Lipinski definition) is 6. The predicted octanol–water partition coefficient (Wildman–Crippen LogP) is 5.95. The minimum Gasteiger partial charge on any atom is -0.455 e. The number of furan rings is 1. The molecule has 1 N–H and O–H groups in total. The molecule has 9 heteroatoms. The third-order valence-corrected chi connectivity index (χ3v) is 7.73. The Balaban J connectivity index is 1.75. The zero-order valence-corrected chi connectivity index (χ0v) is 22.1. The van der Waals surface area contributed by atoms with Gasteiger partial charge >= 0.3 is 0 Å². The maximum Gasteiger partial charge on any atom is 0.232 e. The molecule has 36 heavy (non-hydrogen) atoms. The van der Waals surface area contributed by atoms with E-state index in [1.165, 1.54) is 22.7 Å². The van der Waals surface area contributed by atoms with Crippen LogP contribution in [-0.2, 0) is 14.9 Å². The van der Waals surface area contributed by atoms with Crippen LogP contribution in [0.15, 0.2) is 45.8 Å². The zero-order valence-electron chi connectivity index (χ0n) is 21.3. The molecule has 0 unspecified atom stereocenters. The number of hydroxylamine groups is 1. The lowest BCUT2D eigenvalue weighted by Crippen LogP contribution is -2.32. The van der Waals surface area contributed by atoms with E-state index in [4.69, 9.17) is 14.2 Å². The highest BCUT2D eigenvalue weighted by molar-refractivity contribution is 7.92. The van der Waals surface area contributed by atoms with Gasteiger partial charge in [-0.1, -0.05) is 13.8 Å². The standard InChI is InChI=1S/C27H32FN3O4S/c1-16(2)12-13-31(36(5,32)33)22-15-23-21(14-20(22)17-6-7-17)24(26-29-27(3,4)35-30-26)25(34-23)18-8-10-19(28)11-9-18/h8-11,14-17H,6-7,12-13H2,1-5H3,(H,29,30). The van der Waals surface area contributed by atoms with Crippen LogP contribution in [0, 0.1) is 11.7 Å². The molecule has 1 aliphatic carbocycles. The molecule has 5 rings (SSSR count). The molecule has 0 spiro atoms. The molecule has 1 fully saturated rings. The van der Waals surface area contributed by atoms with Crippen molar-refractivity contribution in [3.8, 4) is 11.3 Å². The molecule has 0 saturated heterocycles. The van der Waals surface area contributed by atoms with Crippen molar-refractivity contribution in [2.75, 3.05) is 17.1 Å². The number of hydrogen-bond donors (Lipinski definition) is 1. The lowest BCUT2D eigenvalue weighted by molar-refractivity contribution is -0.0269. The SMILES string of the molecule is CC(C)CCN(c1cc2oc(-c3ccc(F)cc3)c(C3=NC(C)(C)ON3)c2cc1C1CC1)S(C)(=O)=O. The third-order valence-electron chi connectivity index (χ3n) is 6.55. The molecule has 0 bridgehead atoms. The Labute approximate surface area is 211 Å². The lowest BCUT2D eigenvalue weighted by atomic mass is 10.00. The first-order valence-electron chi connectivity index (χ1n) is 12.3. The highest BCUT2D eigenvalue weighted by atomic mass is 32.2. The van der Waals surface area contributed by atoms with E-state index in [1.54, 1.807) is 12.1 Å². The zero-order chi connectivity index (χ0) is 25.8. The number of halogens is 1.